The fraction of sp³-hybridized carbons (Fsp3) is 1.00. The van der Waals surface area contributed by atoms with Crippen LogP contribution in [0.4, 0.5) is 0 Å². The Morgan fingerprint density at radius 3 is 2.42 bits per heavy atom. The van der Waals surface area contributed by atoms with Gasteiger partial charge in [0.05, 0.1) is 0 Å². The van der Waals surface area contributed by atoms with Crippen LogP contribution in [0.2, 0.25) is 0 Å². The van der Waals surface area contributed by atoms with Crippen LogP contribution in [0.1, 0.15) is 58.8 Å². The summed E-state index contributed by atoms with van der Waals surface area (Å²) in [6.45, 7) is 8.73. The Morgan fingerprint density at radius 2 is 1.79 bits per heavy atom. The summed E-state index contributed by atoms with van der Waals surface area (Å²) < 4.78 is 0. The SMILES string of the molecule is CC(C)C1CNC(C2CCCCC2)CN1CC1CC1. The molecule has 1 saturated heterocycles. The molecule has 0 aromatic heterocycles. The lowest BCUT2D eigenvalue weighted by Gasteiger charge is -2.45. The largest absolute Gasteiger partial charge is 0.311 e. The van der Waals surface area contributed by atoms with Crippen LogP contribution in [-0.4, -0.2) is 36.6 Å². The molecular formula is C17H32N2. The van der Waals surface area contributed by atoms with Crippen LogP contribution in [0.25, 0.3) is 0 Å². The number of nitrogens with one attached hydrogen (secondary N) is 1. The van der Waals surface area contributed by atoms with Crippen LogP contribution in [0.5, 0.6) is 0 Å². The maximum absolute atomic E-state index is 3.90. The average Bonchev–Trinajstić information content (AvgIpc) is 3.23. The van der Waals surface area contributed by atoms with Gasteiger partial charge < -0.3 is 5.32 Å². The number of hydrogen-bond acceptors (Lipinski definition) is 2. The van der Waals surface area contributed by atoms with E-state index in [1.807, 2.05) is 0 Å². The first-order valence-electron chi connectivity index (χ1n) is 8.71. The van der Waals surface area contributed by atoms with E-state index in [0.29, 0.717) is 0 Å². The first-order valence-corrected chi connectivity index (χ1v) is 8.71. The van der Waals surface area contributed by atoms with Gasteiger partial charge in [0.15, 0.2) is 0 Å². The number of rotatable bonds is 4. The second-order valence-electron chi connectivity index (χ2n) is 7.62. The van der Waals surface area contributed by atoms with Crippen molar-refractivity contribution in [1.82, 2.24) is 10.2 Å². The third-order valence-electron chi connectivity index (χ3n) is 5.67. The van der Waals surface area contributed by atoms with Gasteiger partial charge in [0.1, 0.15) is 0 Å². The Labute approximate surface area is 119 Å². The van der Waals surface area contributed by atoms with Crippen molar-refractivity contribution in [2.75, 3.05) is 19.6 Å². The Balaban J connectivity index is 1.59. The molecule has 110 valence electrons. The molecule has 3 rings (SSSR count). The molecule has 2 aliphatic carbocycles. The lowest BCUT2D eigenvalue weighted by molar-refractivity contribution is 0.0683. The maximum Gasteiger partial charge on any atom is 0.0244 e. The van der Waals surface area contributed by atoms with E-state index < -0.39 is 0 Å². The van der Waals surface area contributed by atoms with Crippen molar-refractivity contribution in [2.45, 2.75) is 70.9 Å². The van der Waals surface area contributed by atoms with Gasteiger partial charge in [-0.15, -0.1) is 0 Å². The van der Waals surface area contributed by atoms with Crippen LogP contribution < -0.4 is 5.32 Å². The Bertz CT molecular complexity index is 279. The van der Waals surface area contributed by atoms with Gasteiger partial charge in [-0.05, 0) is 43.4 Å². The summed E-state index contributed by atoms with van der Waals surface area (Å²) in [6, 6.07) is 1.56. The third kappa shape index (κ3) is 3.52. The second kappa shape index (κ2) is 6.13. The molecule has 3 fully saturated rings. The van der Waals surface area contributed by atoms with E-state index >= 15 is 0 Å². The number of hydrogen-bond donors (Lipinski definition) is 1. The Kier molecular flexibility index (Phi) is 4.48. The summed E-state index contributed by atoms with van der Waals surface area (Å²) in [6.07, 6.45) is 10.3. The molecule has 2 unspecified atom stereocenters. The molecule has 1 heterocycles. The first-order chi connectivity index (χ1) is 9.24. The molecule has 1 N–H and O–H groups in total. The van der Waals surface area contributed by atoms with E-state index in [-0.39, 0.29) is 0 Å². The highest BCUT2D eigenvalue weighted by molar-refractivity contribution is 4.93. The van der Waals surface area contributed by atoms with Crippen molar-refractivity contribution in [3.8, 4) is 0 Å². The van der Waals surface area contributed by atoms with Crippen LogP contribution >= 0.6 is 0 Å². The number of piperazine rings is 1. The first kappa shape index (κ1) is 13.9. The van der Waals surface area contributed by atoms with Crippen LogP contribution in [0.3, 0.4) is 0 Å². The Morgan fingerprint density at radius 1 is 1.05 bits per heavy atom. The van der Waals surface area contributed by atoms with E-state index in [0.717, 1.165) is 29.8 Å². The normalized spacial score (nSPS) is 34.9. The molecule has 0 aromatic rings. The zero-order chi connectivity index (χ0) is 13.2. The summed E-state index contributed by atoms with van der Waals surface area (Å²) in [5.74, 6) is 2.79. The molecule has 3 aliphatic rings. The van der Waals surface area contributed by atoms with Gasteiger partial charge in [-0.25, -0.2) is 0 Å². The average molecular weight is 264 g/mol. The van der Waals surface area contributed by atoms with Crippen molar-refractivity contribution < 1.29 is 0 Å². The summed E-state index contributed by atoms with van der Waals surface area (Å²) >= 11 is 0. The van der Waals surface area contributed by atoms with Crippen molar-refractivity contribution in [3.63, 3.8) is 0 Å². The third-order valence-corrected chi connectivity index (χ3v) is 5.67. The molecule has 1 aliphatic heterocycles. The van der Waals surface area contributed by atoms with E-state index in [1.54, 1.807) is 0 Å². The number of nitrogens with zero attached hydrogens (tertiary/aromatic N) is 1. The summed E-state index contributed by atoms with van der Waals surface area (Å²) in [5, 5.41) is 3.90. The molecule has 2 heteroatoms. The molecule has 2 atom stereocenters. The van der Waals surface area contributed by atoms with Crippen LogP contribution in [0, 0.1) is 17.8 Å². The molecular weight excluding hydrogens is 232 g/mol. The van der Waals surface area contributed by atoms with E-state index in [2.05, 4.69) is 24.1 Å². The minimum Gasteiger partial charge on any atom is -0.311 e. The quantitative estimate of drug-likeness (QED) is 0.838. The van der Waals surface area contributed by atoms with Crippen LogP contribution in [0.15, 0.2) is 0 Å². The maximum atomic E-state index is 3.90. The lowest BCUT2D eigenvalue weighted by Crippen LogP contribution is -2.60. The highest BCUT2D eigenvalue weighted by Crippen LogP contribution is 2.33. The van der Waals surface area contributed by atoms with Crippen molar-refractivity contribution in [3.05, 3.63) is 0 Å². The smallest absolute Gasteiger partial charge is 0.0244 e. The highest BCUT2D eigenvalue weighted by Gasteiger charge is 2.36. The van der Waals surface area contributed by atoms with Gasteiger partial charge in [-0.1, -0.05) is 33.1 Å². The van der Waals surface area contributed by atoms with Gasteiger partial charge in [0, 0.05) is 31.7 Å². The fourth-order valence-electron chi connectivity index (χ4n) is 4.21. The fourth-order valence-corrected chi connectivity index (χ4v) is 4.21. The molecule has 0 bridgehead atoms. The summed E-state index contributed by atoms with van der Waals surface area (Å²) in [7, 11) is 0. The molecule has 2 nitrogen and oxygen atoms in total. The van der Waals surface area contributed by atoms with Gasteiger partial charge in [0.25, 0.3) is 0 Å². The molecule has 19 heavy (non-hydrogen) atoms. The van der Waals surface area contributed by atoms with Gasteiger partial charge >= 0.3 is 0 Å². The molecule has 0 amide bonds. The van der Waals surface area contributed by atoms with Gasteiger partial charge in [0.2, 0.25) is 0 Å². The minimum absolute atomic E-state index is 0.778. The molecule has 0 radical (unpaired) electrons. The van der Waals surface area contributed by atoms with Gasteiger partial charge in [-0.2, -0.15) is 0 Å². The van der Waals surface area contributed by atoms with Crippen LogP contribution in [-0.2, 0) is 0 Å². The lowest BCUT2D eigenvalue weighted by atomic mass is 9.82. The highest BCUT2D eigenvalue weighted by atomic mass is 15.2. The molecule has 0 spiro atoms. The minimum atomic E-state index is 0.778. The summed E-state index contributed by atoms with van der Waals surface area (Å²) in [5.41, 5.74) is 0. The van der Waals surface area contributed by atoms with Crippen molar-refractivity contribution >= 4 is 0 Å². The predicted molar refractivity (Wildman–Crippen MR) is 81.3 cm³/mol. The molecule has 2 saturated carbocycles. The van der Waals surface area contributed by atoms with Crippen molar-refractivity contribution in [1.29, 1.82) is 0 Å². The zero-order valence-electron chi connectivity index (χ0n) is 12.9. The van der Waals surface area contributed by atoms with E-state index in [4.69, 9.17) is 0 Å². The second-order valence-corrected chi connectivity index (χ2v) is 7.62. The van der Waals surface area contributed by atoms with E-state index in [9.17, 15) is 0 Å². The van der Waals surface area contributed by atoms with Crippen molar-refractivity contribution in [2.24, 2.45) is 17.8 Å². The summed E-state index contributed by atoms with van der Waals surface area (Å²) in [4.78, 5) is 2.85. The monoisotopic (exact) mass is 264 g/mol. The van der Waals surface area contributed by atoms with Gasteiger partial charge in [-0.3, -0.25) is 4.90 Å². The van der Waals surface area contributed by atoms with E-state index in [1.165, 1.54) is 64.6 Å². The zero-order valence-corrected chi connectivity index (χ0v) is 12.9. The molecule has 0 aromatic carbocycles. The Hall–Kier alpha value is -0.0800. The topological polar surface area (TPSA) is 15.3 Å². The predicted octanol–water partition coefficient (Wildman–Crippen LogP) is 3.28. The standard InChI is InChI=1S/C17H32N2/c1-13(2)17-10-18-16(15-6-4-3-5-7-15)12-19(17)11-14-8-9-14/h13-18H,3-12H2,1-2H3.